The van der Waals surface area contributed by atoms with Crippen molar-refractivity contribution in [2.45, 2.75) is 31.7 Å². The fourth-order valence-corrected chi connectivity index (χ4v) is 5.87. The normalized spacial score (nSPS) is 16.6. The van der Waals surface area contributed by atoms with Gasteiger partial charge in [-0.2, -0.15) is 5.48 Å². The standard InChI is InChI=1S/C38H42N4O10/c1-21(20-50-30-13-9-23(15-32(30)46-4)37-39-27-11-10-25(44-2)18-26(27)38(43)40-37)41-52-33-14-22(8-12-29(33)45-3)31-19-28(42-51-31)24-16-34(47-5)36(49-7)35(17-24)48-6/h8-18,21,31,37,39,41H,19-20H2,1-7H3,(H,40,43). The lowest BCUT2D eigenvalue weighted by Crippen LogP contribution is -2.38. The van der Waals surface area contributed by atoms with Crippen LogP contribution in [0.1, 0.15) is 52.7 Å². The summed E-state index contributed by atoms with van der Waals surface area (Å²) in [6.45, 7) is 2.17. The first kappa shape index (κ1) is 35.8. The maximum Gasteiger partial charge on any atom is 0.255 e. The molecule has 0 saturated carbocycles. The van der Waals surface area contributed by atoms with Gasteiger partial charge in [0.25, 0.3) is 5.91 Å². The van der Waals surface area contributed by atoms with E-state index in [0.29, 0.717) is 63.7 Å². The number of carbonyl (C=O) groups excluding carboxylic acids is 1. The molecule has 52 heavy (non-hydrogen) atoms. The molecular formula is C38H42N4O10. The summed E-state index contributed by atoms with van der Waals surface area (Å²) in [5.74, 6) is 4.03. The van der Waals surface area contributed by atoms with Gasteiger partial charge in [0.2, 0.25) is 5.75 Å². The lowest BCUT2D eigenvalue weighted by Gasteiger charge is -2.29. The van der Waals surface area contributed by atoms with Crippen molar-refractivity contribution in [1.82, 2.24) is 10.8 Å². The van der Waals surface area contributed by atoms with E-state index in [-0.39, 0.29) is 24.7 Å². The van der Waals surface area contributed by atoms with Gasteiger partial charge >= 0.3 is 0 Å². The number of amides is 1. The van der Waals surface area contributed by atoms with Crippen LogP contribution >= 0.6 is 0 Å². The van der Waals surface area contributed by atoms with Crippen molar-refractivity contribution in [3.05, 3.63) is 89.0 Å². The Morgan fingerprint density at radius 3 is 2.13 bits per heavy atom. The minimum Gasteiger partial charge on any atom is -0.497 e. The number of rotatable bonds is 15. The Bertz CT molecular complexity index is 1930. The quantitative estimate of drug-likeness (QED) is 0.128. The van der Waals surface area contributed by atoms with Crippen molar-refractivity contribution in [2.24, 2.45) is 5.16 Å². The van der Waals surface area contributed by atoms with E-state index < -0.39 is 6.17 Å². The average molecular weight is 715 g/mol. The van der Waals surface area contributed by atoms with Crippen LogP contribution in [0.2, 0.25) is 0 Å². The Hall–Kier alpha value is -6.02. The number of carbonyl (C=O) groups is 1. The molecule has 6 rings (SSSR count). The largest absolute Gasteiger partial charge is 0.497 e. The van der Waals surface area contributed by atoms with Gasteiger partial charge < -0.3 is 53.5 Å². The fraction of sp³-hybridized carbons (Fsp3) is 0.316. The third-order valence-electron chi connectivity index (χ3n) is 8.65. The van der Waals surface area contributed by atoms with Gasteiger partial charge in [-0.05, 0) is 72.6 Å². The van der Waals surface area contributed by atoms with Gasteiger partial charge in [-0.3, -0.25) is 4.79 Å². The maximum absolute atomic E-state index is 12.8. The Morgan fingerprint density at radius 1 is 0.750 bits per heavy atom. The molecule has 2 aliphatic heterocycles. The second-order valence-corrected chi connectivity index (χ2v) is 12.0. The number of hydroxylamine groups is 1. The molecule has 3 atom stereocenters. The predicted molar refractivity (Wildman–Crippen MR) is 193 cm³/mol. The molecule has 14 nitrogen and oxygen atoms in total. The Kier molecular flexibility index (Phi) is 10.9. The van der Waals surface area contributed by atoms with Crippen molar-refractivity contribution in [3.63, 3.8) is 0 Å². The van der Waals surface area contributed by atoms with Crippen LogP contribution in [0.4, 0.5) is 5.69 Å². The highest BCUT2D eigenvalue weighted by atomic mass is 16.7. The minimum atomic E-state index is -0.460. The highest BCUT2D eigenvalue weighted by Gasteiger charge is 2.28. The number of ether oxygens (including phenoxy) is 7. The number of nitrogens with one attached hydrogen (secondary N) is 3. The molecule has 4 aromatic carbocycles. The molecule has 0 radical (unpaired) electrons. The molecule has 2 aliphatic rings. The van der Waals surface area contributed by atoms with E-state index in [1.807, 2.05) is 61.5 Å². The summed E-state index contributed by atoms with van der Waals surface area (Å²) in [6, 6.07) is 19.9. The van der Waals surface area contributed by atoms with Gasteiger partial charge in [0.1, 0.15) is 18.5 Å². The van der Waals surface area contributed by atoms with Crippen LogP contribution in [-0.4, -0.2) is 66.9 Å². The highest BCUT2D eigenvalue weighted by Crippen LogP contribution is 2.41. The first-order valence-electron chi connectivity index (χ1n) is 16.5. The summed E-state index contributed by atoms with van der Waals surface area (Å²) in [6.07, 6.45) is -0.304. The lowest BCUT2D eigenvalue weighted by atomic mass is 9.99. The van der Waals surface area contributed by atoms with Crippen molar-refractivity contribution in [1.29, 1.82) is 0 Å². The summed E-state index contributed by atoms with van der Waals surface area (Å²) >= 11 is 0. The molecule has 0 aromatic heterocycles. The molecule has 0 aliphatic carbocycles. The molecule has 3 unspecified atom stereocenters. The van der Waals surface area contributed by atoms with Crippen LogP contribution in [-0.2, 0) is 4.84 Å². The van der Waals surface area contributed by atoms with Gasteiger partial charge in [-0.1, -0.05) is 17.3 Å². The van der Waals surface area contributed by atoms with Crippen LogP contribution in [0.25, 0.3) is 0 Å². The van der Waals surface area contributed by atoms with Gasteiger partial charge in [-0.25, -0.2) is 0 Å². The molecule has 0 bridgehead atoms. The highest BCUT2D eigenvalue weighted by molar-refractivity contribution is 6.03. The van der Waals surface area contributed by atoms with Gasteiger partial charge in [0.05, 0.1) is 60.0 Å². The van der Waals surface area contributed by atoms with Crippen LogP contribution in [0.3, 0.4) is 0 Å². The number of anilines is 1. The third kappa shape index (κ3) is 7.51. The molecule has 14 heteroatoms. The summed E-state index contributed by atoms with van der Waals surface area (Å²) in [5.41, 5.74) is 7.44. The average Bonchev–Trinajstić information content (AvgIpc) is 3.69. The van der Waals surface area contributed by atoms with Crippen LogP contribution in [0.15, 0.2) is 71.9 Å². The first-order chi connectivity index (χ1) is 25.3. The molecule has 0 saturated heterocycles. The molecule has 2 heterocycles. The fourth-order valence-electron chi connectivity index (χ4n) is 5.87. The Morgan fingerprint density at radius 2 is 1.44 bits per heavy atom. The van der Waals surface area contributed by atoms with E-state index in [2.05, 4.69) is 21.3 Å². The summed E-state index contributed by atoms with van der Waals surface area (Å²) in [7, 11) is 9.41. The van der Waals surface area contributed by atoms with E-state index in [0.717, 1.165) is 22.4 Å². The summed E-state index contributed by atoms with van der Waals surface area (Å²) < 4.78 is 39.0. The summed E-state index contributed by atoms with van der Waals surface area (Å²) in [5, 5.41) is 10.7. The third-order valence-corrected chi connectivity index (χ3v) is 8.65. The number of nitrogens with zero attached hydrogens (tertiary/aromatic N) is 1. The number of hydrogen-bond donors (Lipinski definition) is 3. The first-order valence-corrected chi connectivity index (χ1v) is 16.5. The number of methoxy groups -OCH3 is 6. The molecule has 274 valence electrons. The molecule has 3 N–H and O–H groups in total. The zero-order valence-electron chi connectivity index (χ0n) is 30.0. The summed E-state index contributed by atoms with van der Waals surface area (Å²) in [4.78, 5) is 24.7. The minimum absolute atomic E-state index is 0.205. The number of benzene rings is 4. The zero-order chi connectivity index (χ0) is 36.8. The van der Waals surface area contributed by atoms with Crippen LogP contribution < -0.4 is 54.1 Å². The number of oxime groups is 1. The van der Waals surface area contributed by atoms with Crippen LogP contribution in [0.5, 0.6) is 46.0 Å². The molecule has 0 fully saturated rings. The second kappa shape index (κ2) is 15.9. The Balaban J connectivity index is 1.06. The van der Waals surface area contributed by atoms with E-state index in [4.69, 9.17) is 42.8 Å². The van der Waals surface area contributed by atoms with Crippen molar-refractivity contribution < 1.29 is 47.6 Å². The Labute approximate surface area is 301 Å². The lowest BCUT2D eigenvalue weighted by molar-refractivity contribution is 0.0846. The SMILES string of the molecule is COc1ccc2c(c1)C(=O)NC(c1ccc(OCC(C)NOc3cc(C4CC(c5cc(OC)c(OC)c(OC)c5)=NO4)ccc3OC)c(OC)c1)N2. The molecule has 0 spiro atoms. The van der Waals surface area contributed by atoms with Crippen molar-refractivity contribution >= 4 is 17.3 Å². The topological polar surface area (TPSA) is 149 Å². The second-order valence-electron chi connectivity index (χ2n) is 12.0. The number of fused-ring (bicyclic) bond motifs is 1. The maximum atomic E-state index is 12.8. The zero-order valence-corrected chi connectivity index (χ0v) is 30.0. The van der Waals surface area contributed by atoms with E-state index in [9.17, 15) is 4.79 Å². The molecule has 4 aromatic rings. The van der Waals surface area contributed by atoms with Crippen LogP contribution in [0, 0.1) is 0 Å². The molecule has 1 amide bonds. The molecular weight excluding hydrogens is 672 g/mol. The van der Waals surface area contributed by atoms with E-state index in [1.165, 1.54) is 0 Å². The van der Waals surface area contributed by atoms with Crippen molar-refractivity contribution in [3.8, 4) is 46.0 Å². The predicted octanol–water partition coefficient (Wildman–Crippen LogP) is 5.81. The van der Waals surface area contributed by atoms with Gasteiger partial charge in [0, 0.05) is 17.7 Å². The van der Waals surface area contributed by atoms with Gasteiger partial charge in [-0.15, -0.1) is 0 Å². The van der Waals surface area contributed by atoms with E-state index in [1.54, 1.807) is 54.8 Å². The van der Waals surface area contributed by atoms with Crippen molar-refractivity contribution in [2.75, 3.05) is 54.6 Å². The van der Waals surface area contributed by atoms with E-state index >= 15 is 0 Å². The number of hydrogen-bond acceptors (Lipinski definition) is 13. The van der Waals surface area contributed by atoms with Gasteiger partial charge in [0.15, 0.2) is 40.6 Å². The monoisotopic (exact) mass is 714 g/mol. The smallest absolute Gasteiger partial charge is 0.255 e.